The SMILES string of the molecule is C/C(=N/NC(=S)NC[C@@H]1CCCO1)c1ccc(OCC(N)=O)cc1. The van der Waals surface area contributed by atoms with Crippen molar-refractivity contribution < 1.29 is 14.3 Å². The molecule has 0 spiro atoms. The summed E-state index contributed by atoms with van der Waals surface area (Å²) in [5, 5.41) is 7.81. The van der Waals surface area contributed by atoms with Gasteiger partial charge in [-0.3, -0.25) is 10.2 Å². The minimum Gasteiger partial charge on any atom is -0.484 e. The molecule has 0 radical (unpaired) electrons. The Kier molecular flexibility index (Phi) is 6.95. The summed E-state index contributed by atoms with van der Waals surface area (Å²) in [6, 6.07) is 7.20. The monoisotopic (exact) mass is 350 g/mol. The Morgan fingerprint density at radius 2 is 2.21 bits per heavy atom. The van der Waals surface area contributed by atoms with Crippen LogP contribution in [0.2, 0.25) is 0 Å². The second-order valence-corrected chi connectivity index (χ2v) is 5.84. The van der Waals surface area contributed by atoms with Crippen molar-refractivity contribution in [3.05, 3.63) is 29.8 Å². The number of rotatable bonds is 7. The zero-order chi connectivity index (χ0) is 17.4. The Morgan fingerprint density at radius 3 is 2.83 bits per heavy atom. The van der Waals surface area contributed by atoms with E-state index in [4.69, 9.17) is 27.4 Å². The van der Waals surface area contributed by atoms with Crippen molar-refractivity contribution in [1.29, 1.82) is 0 Å². The molecule has 0 bridgehead atoms. The second-order valence-electron chi connectivity index (χ2n) is 5.43. The maximum Gasteiger partial charge on any atom is 0.255 e. The van der Waals surface area contributed by atoms with Crippen molar-refractivity contribution in [3.8, 4) is 5.75 Å². The van der Waals surface area contributed by atoms with Crippen LogP contribution in [0.25, 0.3) is 0 Å². The topological polar surface area (TPSA) is 98.0 Å². The zero-order valence-corrected chi connectivity index (χ0v) is 14.4. The molecule has 1 aliphatic rings. The van der Waals surface area contributed by atoms with Crippen LogP contribution in [0.3, 0.4) is 0 Å². The molecule has 2 rings (SSSR count). The smallest absolute Gasteiger partial charge is 0.255 e. The first kappa shape index (κ1) is 18.2. The summed E-state index contributed by atoms with van der Waals surface area (Å²) in [6.07, 6.45) is 2.38. The number of hydrogen-bond donors (Lipinski definition) is 3. The molecule has 1 fully saturated rings. The summed E-state index contributed by atoms with van der Waals surface area (Å²) in [7, 11) is 0. The average Bonchev–Trinajstić information content (AvgIpc) is 3.10. The van der Waals surface area contributed by atoms with E-state index in [1.165, 1.54) is 0 Å². The number of hydrogen-bond acceptors (Lipinski definition) is 5. The number of nitrogens with two attached hydrogens (primary N) is 1. The molecular formula is C16H22N4O3S. The van der Waals surface area contributed by atoms with Crippen LogP contribution in [0.1, 0.15) is 25.3 Å². The lowest BCUT2D eigenvalue weighted by molar-refractivity contribution is -0.119. The molecule has 8 heteroatoms. The van der Waals surface area contributed by atoms with Crippen molar-refractivity contribution >= 4 is 28.9 Å². The summed E-state index contributed by atoms with van der Waals surface area (Å²) in [6.45, 7) is 3.24. The number of nitrogens with zero attached hydrogens (tertiary/aromatic N) is 1. The van der Waals surface area contributed by atoms with E-state index in [0.717, 1.165) is 30.7 Å². The number of thiocarbonyl (C=S) groups is 1. The normalized spacial score (nSPS) is 17.4. The average molecular weight is 350 g/mol. The molecule has 0 aliphatic carbocycles. The molecule has 0 unspecified atom stereocenters. The fraction of sp³-hybridized carbons (Fsp3) is 0.438. The molecule has 1 heterocycles. The fourth-order valence-electron chi connectivity index (χ4n) is 2.20. The third kappa shape index (κ3) is 6.13. The van der Waals surface area contributed by atoms with Crippen LogP contribution in [-0.2, 0) is 9.53 Å². The number of carbonyl (C=O) groups is 1. The van der Waals surface area contributed by atoms with Gasteiger partial charge in [0, 0.05) is 13.2 Å². The van der Waals surface area contributed by atoms with Crippen LogP contribution in [0, 0.1) is 0 Å². The Hall–Kier alpha value is -2.19. The van der Waals surface area contributed by atoms with Crippen molar-refractivity contribution in [2.75, 3.05) is 19.8 Å². The summed E-state index contributed by atoms with van der Waals surface area (Å²) >= 11 is 5.19. The number of ether oxygens (including phenoxy) is 2. The van der Waals surface area contributed by atoms with E-state index in [0.29, 0.717) is 17.4 Å². The third-order valence-electron chi connectivity index (χ3n) is 3.49. The predicted molar refractivity (Wildman–Crippen MR) is 96.1 cm³/mol. The summed E-state index contributed by atoms with van der Waals surface area (Å²) in [5.41, 5.74) is 9.54. The number of carbonyl (C=O) groups excluding carboxylic acids is 1. The van der Waals surface area contributed by atoms with Crippen LogP contribution in [0.5, 0.6) is 5.75 Å². The van der Waals surface area contributed by atoms with Gasteiger partial charge in [0.15, 0.2) is 11.7 Å². The number of hydrazone groups is 1. The quantitative estimate of drug-likeness (QED) is 0.384. The molecule has 1 aromatic carbocycles. The van der Waals surface area contributed by atoms with Crippen molar-refractivity contribution in [3.63, 3.8) is 0 Å². The number of nitrogens with one attached hydrogen (secondary N) is 2. The Labute approximate surface area is 146 Å². The molecule has 1 atom stereocenters. The molecule has 1 aliphatic heterocycles. The van der Waals surface area contributed by atoms with Gasteiger partial charge in [0.2, 0.25) is 0 Å². The largest absolute Gasteiger partial charge is 0.484 e. The summed E-state index contributed by atoms with van der Waals surface area (Å²) in [4.78, 5) is 10.7. The molecule has 0 saturated carbocycles. The van der Waals surface area contributed by atoms with E-state index in [1.54, 1.807) is 12.1 Å². The highest BCUT2D eigenvalue weighted by molar-refractivity contribution is 7.80. The number of benzene rings is 1. The van der Waals surface area contributed by atoms with E-state index >= 15 is 0 Å². The first-order chi connectivity index (χ1) is 11.5. The number of primary amides is 1. The van der Waals surface area contributed by atoms with E-state index in [2.05, 4.69) is 15.8 Å². The van der Waals surface area contributed by atoms with Crippen LogP contribution >= 0.6 is 12.2 Å². The molecule has 130 valence electrons. The molecule has 7 nitrogen and oxygen atoms in total. The third-order valence-corrected chi connectivity index (χ3v) is 3.73. The lowest BCUT2D eigenvalue weighted by Crippen LogP contribution is -2.37. The van der Waals surface area contributed by atoms with Crippen LogP contribution in [0.15, 0.2) is 29.4 Å². The summed E-state index contributed by atoms with van der Waals surface area (Å²) < 4.78 is 10.7. The first-order valence-electron chi connectivity index (χ1n) is 7.76. The maximum absolute atomic E-state index is 10.7. The lowest BCUT2D eigenvalue weighted by atomic mass is 10.1. The molecule has 1 amide bonds. The van der Waals surface area contributed by atoms with E-state index in [1.807, 2.05) is 19.1 Å². The molecule has 0 aromatic heterocycles. The Morgan fingerprint density at radius 1 is 1.46 bits per heavy atom. The van der Waals surface area contributed by atoms with Gasteiger partial charge in [0.05, 0.1) is 11.8 Å². The summed E-state index contributed by atoms with van der Waals surface area (Å²) in [5.74, 6) is 0.0668. The van der Waals surface area contributed by atoms with Gasteiger partial charge in [-0.15, -0.1) is 0 Å². The van der Waals surface area contributed by atoms with Gasteiger partial charge in [-0.1, -0.05) is 0 Å². The minimum atomic E-state index is -0.509. The van der Waals surface area contributed by atoms with Gasteiger partial charge in [0.1, 0.15) is 5.75 Å². The van der Waals surface area contributed by atoms with Crippen LogP contribution < -0.4 is 21.2 Å². The highest BCUT2D eigenvalue weighted by atomic mass is 32.1. The van der Waals surface area contributed by atoms with E-state index < -0.39 is 5.91 Å². The first-order valence-corrected chi connectivity index (χ1v) is 8.16. The molecule has 24 heavy (non-hydrogen) atoms. The minimum absolute atomic E-state index is 0.140. The van der Waals surface area contributed by atoms with E-state index in [-0.39, 0.29) is 12.7 Å². The van der Waals surface area contributed by atoms with Crippen LogP contribution in [0.4, 0.5) is 0 Å². The lowest BCUT2D eigenvalue weighted by Gasteiger charge is -2.12. The molecular weight excluding hydrogens is 328 g/mol. The Bertz CT molecular complexity index is 598. The van der Waals surface area contributed by atoms with Crippen molar-refractivity contribution in [2.24, 2.45) is 10.8 Å². The molecule has 4 N–H and O–H groups in total. The van der Waals surface area contributed by atoms with Gasteiger partial charge in [-0.25, -0.2) is 0 Å². The van der Waals surface area contributed by atoms with Gasteiger partial charge in [0.25, 0.3) is 5.91 Å². The second kappa shape index (κ2) is 9.19. The standard InChI is InChI=1S/C16H22N4O3S/c1-11(12-4-6-13(7-5-12)23-10-15(17)21)19-20-16(24)18-9-14-3-2-8-22-14/h4-7,14H,2-3,8-10H2,1H3,(H2,17,21)(H2,18,20,24)/b19-11-/t14-/m0/s1. The Balaban J connectivity index is 1.78. The molecule has 1 aromatic rings. The highest BCUT2D eigenvalue weighted by Gasteiger charge is 2.15. The van der Waals surface area contributed by atoms with Gasteiger partial charge in [-0.05, 0) is 61.8 Å². The van der Waals surface area contributed by atoms with Crippen molar-refractivity contribution in [1.82, 2.24) is 10.7 Å². The van der Waals surface area contributed by atoms with E-state index in [9.17, 15) is 4.79 Å². The fourth-order valence-corrected chi connectivity index (χ4v) is 2.33. The maximum atomic E-state index is 10.7. The van der Waals surface area contributed by atoms with Gasteiger partial charge < -0.3 is 20.5 Å². The molecule has 1 saturated heterocycles. The van der Waals surface area contributed by atoms with Crippen LogP contribution in [-0.4, -0.2) is 42.6 Å². The van der Waals surface area contributed by atoms with Crippen molar-refractivity contribution in [2.45, 2.75) is 25.9 Å². The van der Waals surface area contributed by atoms with Gasteiger partial charge >= 0.3 is 0 Å². The van der Waals surface area contributed by atoms with Gasteiger partial charge in [-0.2, -0.15) is 5.10 Å². The highest BCUT2D eigenvalue weighted by Crippen LogP contribution is 2.13. The predicted octanol–water partition coefficient (Wildman–Crippen LogP) is 0.918. The number of amides is 1. The zero-order valence-electron chi connectivity index (χ0n) is 13.6.